The highest BCUT2D eigenvalue weighted by atomic mass is 35.5. The molecule has 7 heteroatoms. The average molecular weight is 449 g/mol. The summed E-state index contributed by atoms with van der Waals surface area (Å²) >= 11 is 7.74. The number of unbranched alkanes of at least 4 members (excludes halogenated alkanes) is 1. The Morgan fingerprint density at radius 2 is 1.90 bits per heavy atom. The number of para-hydroxylation sites is 1. The number of benzene rings is 2. The number of imidazole rings is 1. The van der Waals surface area contributed by atoms with E-state index in [2.05, 4.69) is 16.0 Å². The van der Waals surface area contributed by atoms with Gasteiger partial charge in [0.2, 0.25) is 0 Å². The summed E-state index contributed by atoms with van der Waals surface area (Å²) in [6, 6.07) is 17.3. The Balaban J connectivity index is 1.45. The zero-order valence-electron chi connectivity index (χ0n) is 17.1. The maximum Gasteiger partial charge on any atom is 0.144 e. The van der Waals surface area contributed by atoms with Gasteiger partial charge in [-0.3, -0.25) is 0 Å². The fourth-order valence-corrected chi connectivity index (χ4v) is 4.46. The van der Waals surface area contributed by atoms with E-state index in [1.54, 1.807) is 17.4 Å². The van der Waals surface area contributed by atoms with Crippen molar-refractivity contribution in [1.82, 2.24) is 15.0 Å². The van der Waals surface area contributed by atoms with Crippen LogP contribution in [0.3, 0.4) is 0 Å². The first-order chi connectivity index (χ1) is 15.1. The Labute approximate surface area is 190 Å². The minimum atomic E-state index is 0.564. The molecule has 0 fully saturated rings. The van der Waals surface area contributed by atoms with E-state index in [0.717, 1.165) is 47.0 Å². The summed E-state index contributed by atoms with van der Waals surface area (Å²) < 4.78 is 5.81. The van der Waals surface area contributed by atoms with Crippen LogP contribution in [0.15, 0.2) is 54.7 Å². The third-order valence-electron chi connectivity index (χ3n) is 4.80. The summed E-state index contributed by atoms with van der Waals surface area (Å²) in [4.78, 5) is 13.8. The van der Waals surface area contributed by atoms with Gasteiger partial charge in [-0.05, 0) is 50.5 Å². The van der Waals surface area contributed by atoms with Crippen LogP contribution in [0.4, 0.5) is 0 Å². The predicted octanol–water partition coefficient (Wildman–Crippen LogP) is 6.44. The van der Waals surface area contributed by atoms with E-state index in [4.69, 9.17) is 21.3 Å². The molecule has 0 aliphatic rings. The quantitative estimate of drug-likeness (QED) is 0.315. The monoisotopic (exact) mass is 448 g/mol. The van der Waals surface area contributed by atoms with Crippen LogP contribution >= 0.6 is 22.9 Å². The smallest absolute Gasteiger partial charge is 0.144 e. The molecular formula is C24H21ClN4OS. The maximum absolute atomic E-state index is 9.17. The number of aromatic amines is 1. The molecule has 0 amide bonds. The second kappa shape index (κ2) is 9.78. The SMILES string of the molecule is Cc1nc(-c2nc(-c3ccc(Cl)cc3)c(CCCCOc3ccccc3C#N)s2)c[nH]1. The lowest BCUT2D eigenvalue weighted by atomic mass is 10.1. The van der Waals surface area contributed by atoms with E-state index in [-0.39, 0.29) is 0 Å². The van der Waals surface area contributed by atoms with Crippen LogP contribution in [0.1, 0.15) is 29.1 Å². The lowest BCUT2D eigenvalue weighted by Gasteiger charge is -2.07. The molecule has 0 aliphatic carbocycles. The molecule has 0 radical (unpaired) electrons. The van der Waals surface area contributed by atoms with Crippen molar-refractivity contribution in [3.63, 3.8) is 0 Å². The summed E-state index contributed by atoms with van der Waals surface area (Å²) in [6.45, 7) is 2.50. The van der Waals surface area contributed by atoms with Gasteiger partial charge in [0.05, 0.1) is 17.9 Å². The summed E-state index contributed by atoms with van der Waals surface area (Å²) in [5.74, 6) is 1.51. The van der Waals surface area contributed by atoms with E-state index in [9.17, 15) is 5.26 Å². The zero-order chi connectivity index (χ0) is 21.6. The molecule has 0 aliphatic heterocycles. The Bertz CT molecular complexity index is 1210. The summed E-state index contributed by atoms with van der Waals surface area (Å²) in [6.07, 6.45) is 4.62. The van der Waals surface area contributed by atoms with Crippen LogP contribution < -0.4 is 4.74 Å². The van der Waals surface area contributed by atoms with Crippen molar-refractivity contribution >= 4 is 22.9 Å². The Hall–Kier alpha value is -3.14. The molecule has 0 saturated heterocycles. The van der Waals surface area contributed by atoms with Gasteiger partial charge in [0, 0.05) is 21.7 Å². The summed E-state index contributed by atoms with van der Waals surface area (Å²) in [7, 11) is 0. The number of thiazole rings is 1. The van der Waals surface area contributed by atoms with Crippen molar-refractivity contribution < 1.29 is 4.74 Å². The van der Waals surface area contributed by atoms with Crippen LogP contribution in [-0.4, -0.2) is 21.6 Å². The minimum Gasteiger partial charge on any atom is -0.492 e. The number of H-pyrrole nitrogens is 1. The van der Waals surface area contributed by atoms with Crippen LogP contribution in [-0.2, 0) is 6.42 Å². The van der Waals surface area contributed by atoms with Crippen LogP contribution in [0, 0.1) is 18.3 Å². The molecule has 0 atom stereocenters. The third kappa shape index (κ3) is 5.13. The number of nitrogens with zero attached hydrogens (tertiary/aromatic N) is 3. The average Bonchev–Trinajstić information content (AvgIpc) is 3.41. The number of hydrogen-bond donors (Lipinski definition) is 1. The van der Waals surface area contributed by atoms with Gasteiger partial charge in [0.25, 0.3) is 0 Å². The van der Waals surface area contributed by atoms with E-state index >= 15 is 0 Å². The van der Waals surface area contributed by atoms with Gasteiger partial charge in [0.1, 0.15) is 28.3 Å². The largest absolute Gasteiger partial charge is 0.492 e. The molecule has 31 heavy (non-hydrogen) atoms. The van der Waals surface area contributed by atoms with Crippen molar-refractivity contribution in [2.45, 2.75) is 26.2 Å². The normalized spacial score (nSPS) is 10.7. The van der Waals surface area contributed by atoms with E-state index in [1.165, 1.54) is 4.88 Å². The molecule has 1 N–H and O–H groups in total. The van der Waals surface area contributed by atoms with Crippen LogP contribution in [0.5, 0.6) is 5.75 Å². The Morgan fingerprint density at radius 3 is 2.65 bits per heavy atom. The van der Waals surface area contributed by atoms with Gasteiger partial charge in [-0.2, -0.15) is 5.26 Å². The first kappa shape index (κ1) is 21.1. The van der Waals surface area contributed by atoms with Gasteiger partial charge in [-0.15, -0.1) is 11.3 Å². The molecular weight excluding hydrogens is 428 g/mol. The minimum absolute atomic E-state index is 0.564. The van der Waals surface area contributed by atoms with Crippen molar-refractivity contribution in [3.05, 3.63) is 76.0 Å². The highest BCUT2D eigenvalue weighted by Gasteiger charge is 2.16. The van der Waals surface area contributed by atoms with Crippen LogP contribution in [0.25, 0.3) is 22.0 Å². The number of ether oxygens (including phenoxy) is 1. The van der Waals surface area contributed by atoms with E-state index < -0.39 is 0 Å². The number of halogens is 1. The first-order valence-corrected chi connectivity index (χ1v) is 11.2. The fraction of sp³-hybridized carbons (Fsp3) is 0.208. The molecule has 2 aromatic heterocycles. The molecule has 0 saturated carbocycles. The van der Waals surface area contributed by atoms with Gasteiger partial charge < -0.3 is 9.72 Å². The molecule has 2 heterocycles. The van der Waals surface area contributed by atoms with Gasteiger partial charge in [-0.1, -0.05) is 35.9 Å². The molecule has 5 nitrogen and oxygen atoms in total. The lowest BCUT2D eigenvalue weighted by Crippen LogP contribution is -1.99. The highest BCUT2D eigenvalue weighted by Crippen LogP contribution is 2.34. The number of rotatable bonds is 8. The summed E-state index contributed by atoms with van der Waals surface area (Å²) in [5, 5.41) is 10.8. The number of aryl methyl sites for hydroxylation is 2. The first-order valence-electron chi connectivity index (χ1n) is 10.0. The second-order valence-electron chi connectivity index (χ2n) is 7.08. The molecule has 4 aromatic rings. The lowest BCUT2D eigenvalue weighted by molar-refractivity contribution is 0.306. The second-order valence-corrected chi connectivity index (χ2v) is 8.60. The number of hydrogen-bond acceptors (Lipinski definition) is 5. The molecule has 0 unspecified atom stereocenters. The predicted molar refractivity (Wildman–Crippen MR) is 124 cm³/mol. The third-order valence-corrected chi connectivity index (χ3v) is 6.19. The molecule has 4 rings (SSSR count). The van der Waals surface area contributed by atoms with Crippen molar-refractivity contribution in [2.24, 2.45) is 0 Å². The van der Waals surface area contributed by atoms with Crippen molar-refractivity contribution in [1.29, 1.82) is 5.26 Å². The van der Waals surface area contributed by atoms with Gasteiger partial charge >= 0.3 is 0 Å². The van der Waals surface area contributed by atoms with Crippen LogP contribution in [0.2, 0.25) is 5.02 Å². The van der Waals surface area contributed by atoms with Gasteiger partial charge in [-0.25, -0.2) is 9.97 Å². The molecule has 0 bridgehead atoms. The van der Waals surface area contributed by atoms with Gasteiger partial charge in [0.15, 0.2) is 0 Å². The van der Waals surface area contributed by atoms with E-state index in [0.29, 0.717) is 22.9 Å². The number of aromatic nitrogens is 3. The number of nitrogens with one attached hydrogen (secondary N) is 1. The Kier molecular flexibility index (Phi) is 6.66. The molecule has 156 valence electrons. The Morgan fingerprint density at radius 1 is 1.10 bits per heavy atom. The number of nitriles is 1. The molecule has 0 spiro atoms. The molecule has 2 aromatic carbocycles. The fourth-order valence-electron chi connectivity index (χ4n) is 3.25. The highest BCUT2D eigenvalue weighted by molar-refractivity contribution is 7.15. The topological polar surface area (TPSA) is 74.6 Å². The van der Waals surface area contributed by atoms with Crippen molar-refractivity contribution in [3.8, 4) is 33.8 Å². The summed E-state index contributed by atoms with van der Waals surface area (Å²) in [5.41, 5.74) is 3.45. The van der Waals surface area contributed by atoms with Crippen molar-refractivity contribution in [2.75, 3.05) is 6.61 Å². The maximum atomic E-state index is 9.17. The standard InChI is InChI=1S/C24H21ClN4OS/c1-16-27-15-20(28-16)24-29-23(17-9-11-19(25)12-10-17)22(31-24)8-4-5-13-30-21-7-3-2-6-18(21)14-26/h2-3,6-7,9-12,15H,4-5,8,13H2,1H3,(H,27,28). The zero-order valence-corrected chi connectivity index (χ0v) is 18.6. The van der Waals surface area contributed by atoms with E-state index in [1.807, 2.05) is 55.6 Å².